The molecule has 0 radical (unpaired) electrons. The summed E-state index contributed by atoms with van der Waals surface area (Å²) in [5.74, 6) is 1.74. The molecule has 0 heterocycles. The lowest BCUT2D eigenvalue weighted by atomic mass is 9.64. The van der Waals surface area contributed by atoms with Gasteiger partial charge >= 0.3 is 0 Å². The van der Waals surface area contributed by atoms with Crippen LogP contribution in [-0.4, -0.2) is 20.8 Å². The van der Waals surface area contributed by atoms with Crippen molar-refractivity contribution in [1.29, 1.82) is 0 Å². The number of ether oxygens (including phenoxy) is 2. The molecule has 1 aromatic carbocycles. The fourth-order valence-electron chi connectivity index (χ4n) is 2.93. The zero-order valence-electron chi connectivity index (χ0n) is 11.9. The number of aryl methyl sites for hydroxylation is 1. The van der Waals surface area contributed by atoms with Crippen LogP contribution in [0.4, 0.5) is 0 Å². The number of benzene rings is 1. The molecule has 1 saturated carbocycles. The molecule has 0 unspecified atom stereocenters. The molecule has 106 valence electrons. The number of hydrogen-bond donors (Lipinski definition) is 1. The predicted octanol–water partition coefficient (Wildman–Crippen LogP) is 3.41. The van der Waals surface area contributed by atoms with Crippen LogP contribution in [0.2, 0.25) is 0 Å². The Morgan fingerprint density at radius 3 is 2.26 bits per heavy atom. The van der Waals surface area contributed by atoms with Gasteiger partial charge in [0, 0.05) is 17.5 Å². The zero-order valence-corrected chi connectivity index (χ0v) is 13.5. The molecule has 0 bridgehead atoms. The molecule has 0 atom stereocenters. The van der Waals surface area contributed by atoms with Gasteiger partial charge in [0.1, 0.15) is 16.0 Å². The van der Waals surface area contributed by atoms with Crippen molar-refractivity contribution >= 4 is 15.9 Å². The number of halogens is 1. The Hall–Kier alpha value is -0.740. The Kier molecular flexibility index (Phi) is 4.41. The van der Waals surface area contributed by atoms with Gasteiger partial charge in [0.05, 0.1) is 14.2 Å². The lowest BCUT2D eigenvalue weighted by Gasteiger charge is -2.42. The molecule has 1 aliphatic carbocycles. The van der Waals surface area contributed by atoms with Gasteiger partial charge in [-0.3, -0.25) is 0 Å². The predicted molar refractivity (Wildman–Crippen MR) is 81.2 cm³/mol. The number of rotatable bonds is 5. The fraction of sp³-hybridized carbons (Fsp3) is 0.600. The third-order valence-electron chi connectivity index (χ3n) is 4.32. The second-order valence-corrected chi connectivity index (χ2v) is 5.95. The maximum absolute atomic E-state index is 6.03. The van der Waals surface area contributed by atoms with Gasteiger partial charge in [-0.1, -0.05) is 13.3 Å². The summed E-state index contributed by atoms with van der Waals surface area (Å²) in [5.41, 5.74) is 8.55. The van der Waals surface area contributed by atoms with Crippen LogP contribution < -0.4 is 15.2 Å². The Morgan fingerprint density at radius 2 is 1.89 bits per heavy atom. The summed E-state index contributed by atoms with van der Waals surface area (Å²) in [4.78, 5) is 0. The third-order valence-corrected chi connectivity index (χ3v) is 5.04. The Morgan fingerprint density at radius 1 is 1.26 bits per heavy atom. The molecule has 19 heavy (non-hydrogen) atoms. The highest BCUT2D eigenvalue weighted by molar-refractivity contribution is 9.10. The van der Waals surface area contributed by atoms with E-state index in [1.165, 1.54) is 17.5 Å². The van der Waals surface area contributed by atoms with Crippen molar-refractivity contribution in [2.75, 3.05) is 20.8 Å². The van der Waals surface area contributed by atoms with Gasteiger partial charge in [0.25, 0.3) is 0 Å². The third kappa shape index (κ3) is 2.25. The van der Waals surface area contributed by atoms with Crippen molar-refractivity contribution in [2.45, 2.75) is 38.0 Å². The smallest absolute Gasteiger partial charge is 0.140 e. The molecule has 0 aromatic heterocycles. The molecule has 2 rings (SSSR count). The molecule has 0 amide bonds. The van der Waals surface area contributed by atoms with Crippen molar-refractivity contribution in [3.8, 4) is 11.5 Å². The maximum atomic E-state index is 6.03. The quantitative estimate of drug-likeness (QED) is 0.901. The molecule has 3 nitrogen and oxygen atoms in total. The summed E-state index contributed by atoms with van der Waals surface area (Å²) >= 11 is 3.63. The minimum Gasteiger partial charge on any atom is -0.495 e. The Bertz CT molecular complexity index is 464. The van der Waals surface area contributed by atoms with E-state index < -0.39 is 0 Å². The first-order valence-electron chi connectivity index (χ1n) is 6.77. The van der Waals surface area contributed by atoms with E-state index in [1.807, 2.05) is 0 Å². The van der Waals surface area contributed by atoms with Crippen molar-refractivity contribution in [1.82, 2.24) is 0 Å². The average molecular weight is 328 g/mol. The van der Waals surface area contributed by atoms with Crippen LogP contribution in [0, 0.1) is 0 Å². The molecule has 0 aliphatic heterocycles. The van der Waals surface area contributed by atoms with Crippen LogP contribution in [0.1, 0.15) is 37.3 Å². The number of nitrogens with two attached hydrogens (primary N) is 1. The van der Waals surface area contributed by atoms with Crippen LogP contribution in [0.5, 0.6) is 11.5 Å². The first kappa shape index (κ1) is 14.7. The Balaban J connectivity index is 2.63. The van der Waals surface area contributed by atoms with Crippen LogP contribution in [0.15, 0.2) is 10.5 Å². The van der Waals surface area contributed by atoms with E-state index in [9.17, 15) is 0 Å². The van der Waals surface area contributed by atoms with Crippen LogP contribution in [-0.2, 0) is 11.8 Å². The van der Waals surface area contributed by atoms with Crippen LogP contribution in [0.25, 0.3) is 0 Å². The van der Waals surface area contributed by atoms with E-state index in [4.69, 9.17) is 15.2 Å². The van der Waals surface area contributed by atoms with Gasteiger partial charge in [0.2, 0.25) is 0 Å². The van der Waals surface area contributed by atoms with Gasteiger partial charge < -0.3 is 15.2 Å². The lowest BCUT2D eigenvalue weighted by molar-refractivity contribution is 0.242. The summed E-state index contributed by atoms with van der Waals surface area (Å²) in [6.07, 6.45) is 4.45. The summed E-state index contributed by atoms with van der Waals surface area (Å²) < 4.78 is 12.0. The normalized spacial score (nSPS) is 16.9. The second kappa shape index (κ2) is 5.71. The monoisotopic (exact) mass is 327 g/mol. The topological polar surface area (TPSA) is 44.5 Å². The standard InChI is InChI=1S/C15H22BrNO2/c1-4-10-8-11(15(9-17)6-5-7-15)14(19-3)12(16)13(10)18-2/h8H,4-7,9,17H2,1-3H3. The lowest BCUT2D eigenvalue weighted by Crippen LogP contribution is -2.42. The van der Waals surface area contributed by atoms with Gasteiger partial charge in [-0.2, -0.15) is 0 Å². The highest BCUT2D eigenvalue weighted by Gasteiger charge is 2.40. The largest absolute Gasteiger partial charge is 0.495 e. The van der Waals surface area contributed by atoms with E-state index in [1.54, 1.807) is 14.2 Å². The SMILES string of the molecule is CCc1cc(C2(CN)CCC2)c(OC)c(Br)c1OC. The van der Waals surface area contributed by atoms with Crippen molar-refractivity contribution in [3.05, 3.63) is 21.7 Å². The molecular formula is C15H22BrNO2. The first-order valence-corrected chi connectivity index (χ1v) is 7.56. The molecule has 1 fully saturated rings. The Labute approximate surface area is 123 Å². The summed E-state index contributed by atoms with van der Waals surface area (Å²) in [7, 11) is 3.40. The number of hydrogen-bond acceptors (Lipinski definition) is 3. The zero-order chi connectivity index (χ0) is 14.0. The van der Waals surface area contributed by atoms with E-state index in [0.29, 0.717) is 6.54 Å². The van der Waals surface area contributed by atoms with Gasteiger partial charge in [0.15, 0.2) is 0 Å². The molecule has 1 aromatic rings. The molecule has 0 spiro atoms. The number of methoxy groups -OCH3 is 2. The van der Waals surface area contributed by atoms with Crippen molar-refractivity contribution in [3.63, 3.8) is 0 Å². The summed E-state index contributed by atoms with van der Waals surface area (Å²) in [6, 6.07) is 2.22. The highest BCUT2D eigenvalue weighted by atomic mass is 79.9. The van der Waals surface area contributed by atoms with Gasteiger partial charge in [-0.15, -0.1) is 0 Å². The highest BCUT2D eigenvalue weighted by Crippen LogP contribution is 2.51. The van der Waals surface area contributed by atoms with E-state index >= 15 is 0 Å². The fourth-order valence-corrected chi connectivity index (χ4v) is 3.72. The molecule has 1 aliphatic rings. The van der Waals surface area contributed by atoms with E-state index in [2.05, 4.69) is 28.9 Å². The van der Waals surface area contributed by atoms with E-state index in [0.717, 1.165) is 35.2 Å². The maximum Gasteiger partial charge on any atom is 0.140 e. The first-order chi connectivity index (χ1) is 9.13. The average Bonchev–Trinajstić information content (AvgIpc) is 2.37. The molecule has 2 N–H and O–H groups in total. The molecule has 4 heteroatoms. The summed E-state index contributed by atoms with van der Waals surface area (Å²) in [5, 5.41) is 0. The minimum atomic E-state index is 0.0874. The minimum absolute atomic E-state index is 0.0874. The van der Waals surface area contributed by atoms with Gasteiger partial charge in [-0.05, 0) is 46.8 Å². The van der Waals surface area contributed by atoms with Gasteiger partial charge in [-0.25, -0.2) is 0 Å². The van der Waals surface area contributed by atoms with Crippen LogP contribution in [0.3, 0.4) is 0 Å². The van der Waals surface area contributed by atoms with E-state index in [-0.39, 0.29) is 5.41 Å². The second-order valence-electron chi connectivity index (χ2n) is 5.16. The summed E-state index contributed by atoms with van der Waals surface area (Å²) in [6.45, 7) is 2.81. The van der Waals surface area contributed by atoms with Crippen molar-refractivity contribution in [2.24, 2.45) is 5.73 Å². The van der Waals surface area contributed by atoms with Crippen molar-refractivity contribution < 1.29 is 9.47 Å². The molecule has 0 saturated heterocycles. The molecular weight excluding hydrogens is 306 g/mol. The van der Waals surface area contributed by atoms with Crippen LogP contribution >= 0.6 is 15.9 Å².